The zero-order chi connectivity index (χ0) is 17.2. The van der Waals surface area contributed by atoms with E-state index in [-0.39, 0.29) is 5.54 Å². The summed E-state index contributed by atoms with van der Waals surface area (Å²) in [5, 5.41) is 16.9. The number of rotatable bonds is 3. The summed E-state index contributed by atoms with van der Waals surface area (Å²) in [6, 6.07) is 6.52. The highest BCUT2D eigenvalue weighted by atomic mass is 15.6. The van der Waals surface area contributed by atoms with Gasteiger partial charge in [-0.05, 0) is 98.7 Å². The summed E-state index contributed by atoms with van der Waals surface area (Å²) < 4.78 is 2.01. The lowest BCUT2D eigenvalue weighted by Crippen LogP contribution is -2.62. The van der Waals surface area contributed by atoms with Gasteiger partial charge in [0.1, 0.15) is 0 Å². The molecule has 0 spiro atoms. The van der Waals surface area contributed by atoms with Gasteiger partial charge in [0.25, 0.3) is 0 Å². The molecule has 6 rings (SSSR count). The molecule has 4 aliphatic carbocycles. The highest BCUT2D eigenvalue weighted by Crippen LogP contribution is 2.61. The molecule has 1 aromatic carbocycles. The average Bonchev–Trinajstić information content (AvgIpc) is 3.05. The van der Waals surface area contributed by atoms with Crippen LogP contribution in [0.3, 0.4) is 0 Å². The molecule has 0 radical (unpaired) electrons. The van der Waals surface area contributed by atoms with Crippen LogP contribution in [-0.4, -0.2) is 27.3 Å². The molecule has 0 aliphatic heterocycles. The fraction of sp³-hybridized carbons (Fsp3) is 0.650. The Bertz CT molecular complexity index is 780. The van der Waals surface area contributed by atoms with E-state index in [0.717, 1.165) is 23.3 Å². The van der Waals surface area contributed by atoms with Gasteiger partial charge in [-0.3, -0.25) is 0 Å². The molecule has 5 heteroatoms. The predicted molar refractivity (Wildman–Crippen MR) is 96.4 cm³/mol. The van der Waals surface area contributed by atoms with E-state index in [9.17, 15) is 0 Å². The van der Waals surface area contributed by atoms with Crippen LogP contribution in [0.25, 0.3) is 5.69 Å². The Morgan fingerprint density at radius 3 is 2.32 bits per heavy atom. The van der Waals surface area contributed by atoms with Crippen LogP contribution in [0.4, 0.5) is 0 Å². The minimum atomic E-state index is -0.0752. The van der Waals surface area contributed by atoms with Gasteiger partial charge in [0.05, 0.1) is 11.2 Å². The summed E-state index contributed by atoms with van der Waals surface area (Å²) in [6.07, 6.45) is 6.76. The Morgan fingerprint density at radius 2 is 1.72 bits per heavy atom. The lowest BCUT2D eigenvalue weighted by atomic mass is 9.48. The van der Waals surface area contributed by atoms with Gasteiger partial charge in [-0.2, -0.15) is 4.68 Å². The molecule has 4 aliphatic rings. The summed E-state index contributed by atoms with van der Waals surface area (Å²) in [4.78, 5) is 0. The summed E-state index contributed by atoms with van der Waals surface area (Å²) in [6.45, 7) is 4.28. The SMILES string of the molecule is CNC1(c2nnnn2-c2ccc(C)cc2C)C2CC3CC(C2)CC1C3. The van der Waals surface area contributed by atoms with Crippen LogP contribution in [0.1, 0.15) is 49.1 Å². The number of aryl methyl sites for hydroxylation is 2. The highest BCUT2D eigenvalue weighted by Gasteiger charge is 2.59. The Labute approximate surface area is 149 Å². The fourth-order valence-electron chi connectivity index (χ4n) is 6.46. The fourth-order valence-corrected chi connectivity index (χ4v) is 6.46. The van der Waals surface area contributed by atoms with Gasteiger partial charge in [0.15, 0.2) is 5.82 Å². The Kier molecular flexibility index (Phi) is 3.33. The zero-order valence-corrected chi connectivity index (χ0v) is 15.4. The summed E-state index contributed by atoms with van der Waals surface area (Å²) >= 11 is 0. The number of hydrogen-bond acceptors (Lipinski definition) is 4. The third kappa shape index (κ3) is 2.08. The van der Waals surface area contributed by atoms with Crippen molar-refractivity contribution in [2.45, 2.75) is 51.5 Å². The standard InChI is InChI=1S/C20H27N5/c1-12-4-5-18(13(2)6-12)25-19(22-23-24-25)20(21-3)16-8-14-7-15(10-16)11-17(20)9-14/h4-6,14-17,21H,7-11H2,1-3H3. The maximum atomic E-state index is 4.58. The van der Waals surface area contributed by atoms with Crippen LogP contribution in [0.15, 0.2) is 18.2 Å². The molecule has 4 bridgehead atoms. The smallest absolute Gasteiger partial charge is 0.177 e. The van der Waals surface area contributed by atoms with Crippen LogP contribution in [0.5, 0.6) is 0 Å². The van der Waals surface area contributed by atoms with Gasteiger partial charge in [0, 0.05) is 0 Å². The van der Waals surface area contributed by atoms with Crippen LogP contribution in [-0.2, 0) is 5.54 Å². The second kappa shape index (κ2) is 5.37. The molecule has 0 amide bonds. The van der Waals surface area contributed by atoms with Crippen LogP contribution < -0.4 is 5.32 Å². The van der Waals surface area contributed by atoms with Crippen molar-refractivity contribution in [3.63, 3.8) is 0 Å². The monoisotopic (exact) mass is 337 g/mol. The number of aromatic nitrogens is 4. The molecule has 2 aromatic rings. The first-order chi connectivity index (χ1) is 12.1. The van der Waals surface area contributed by atoms with E-state index in [1.807, 2.05) is 4.68 Å². The molecule has 5 nitrogen and oxygen atoms in total. The maximum absolute atomic E-state index is 4.58. The summed E-state index contributed by atoms with van der Waals surface area (Å²) in [5.41, 5.74) is 3.53. The van der Waals surface area contributed by atoms with Crippen molar-refractivity contribution in [2.24, 2.45) is 23.7 Å². The van der Waals surface area contributed by atoms with Crippen molar-refractivity contribution in [1.29, 1.82) is 0 Å². The average molecular weight is 337 g/mol. The van der Waals surface area contributed by atoms with E-state index in [4.69, 9.17) is 0 Å². The van der Waals surface area contributed by atoms with Gasteiger partial charge in [-0.1, -0.05) is 17.7 Å². The molecule has 25 heavy (non-hydrogen) atoms. The number of hydrogen-bond donors (Lipinski definition) is 1. The highest BCUT2D eigenvalue weighted by molar-refractivity contribution is 5.43. The van der Waals surface area contributed by atoms with E-state index >= 15 is 0 Å². The van der Waals surface area contributed by atoms with Crippen molar-refractivity contribution in [3.05, 3.63) is 35.2 Å². The number of benzene rings is 1. The lowest BCUT2D eigenvalue weighted by Gasteiger charge is -2.60. The molecule has 132 valence electrons. The van der Waals surface area contributed by atoms with E-state index in [1.165, 1.54) is 43.2 Å². The minimum absolute atomic E-state index is 0.0752. The first-order valence-corrected chi connectivity index (χ1v) is 9.67. The molecular weight excluding hydrogens is 310 g/mol. The first kappa shape index (κ1) is 15.5. The van der Waals surface area contributed by atoms with E-state index in [0.29, 0.717) is 11.8 Å². The second-order valence-electron chi connectivity index (χ2n) is 8.63. The van der Waals surface area contributed by atoms with Crippen molar-refractivity contribution < 1.29 is 0 Å². The molecule has 0 unspecified atom stereocenters. The number of tetrazole rings is 1. The molecule has 0 atom stereocenters. The number of nitrogens with zero attached hydrogens (tertiary/aromatic N) is 4. The Hall–Kier alpha value is -1.75. The first-order valence-electron chi connectivity index (χ1n) is 9.67. The Morgan fingerprint density at radius 1 is 1.04 bits per heavy atom. The molecular formula is C20H27N5. The zero-order valence-electron chi connectivity index (χ0n) is 15.4. The predicted octanol–water partition coefficient (Wildman–Crippen LogP) is 3.15. The van der Waals surface area contributed by atoms with Gasteiger partial charge >= 0.3 is 0 Å². The molecule has 1 aromatic heterocycles. The third-order valence-electron chi connectivity index (χ3n) is 7.26. The van der Waals surface area contributed by atoms with Gasteiger partial charge in [-0.15, -0.1) is 5.10 Å². The van der Waals surface area contributed by atoms with Gasteiger partial charge in [0.2, 0.25) is 0 Å². The number of nitrogens with one attached hydrogen (secondary N) is 1. The quantitative estimate of drug-likeness (QED) is 0.935. The molecule has 1 N–H and O–H groups in total. The van der Waals surface area contributed by atoms with Crippen molar-refractivity contribution in [2.75, 3.05) is 7.05 Å². The van der Waals surface area contributed by atoms with Crippen LogP contribution in [0.2, 0.25) is 0 Å². The normalized spacial score (nSPS) is 36.1. The van der Waals surface area contributed by atoms with Crippen LogP contribution in [0, 0.1) is 37.5 Å². The van der Waals surface area contributed by atoms with E-state index in [1.54, 1.807) is 0 Å². The molecule has 0 saturated heterocycles. The van der Waals surface area contributed by atoms with E-state index in [2.05, 4.69) is 59.9 Å². The maximum Gasteiger partial charge on any atom is 0.177 e. The van der Waals surface area contributed by atoms with Crippen LogP contribution >= 0.6 is 0 Å². The van der Waals surface area contributed by atoms with Crippen molar-refractivity contribution in [1.82, 2.24) is 25.5 Å². The van der Waals surface area contributed by atoms with Crippen molar-refractivity contribution in [3.8, 4) is 5.69 Å². The molecule has 4 saturated carbocycles. The molecule has 1 heterocycles. The minimum Gasteiger partial charge on any atom is -0.307 e. The Balaban J connectivity index is 1.65. The topological polar surface area (TPSA) is 55.6 Å². The van der Waals surface area contributed by atoms with Gasteiger partial charge < -0.3 is 5.32 Å². The summed E-state index contributed by atoms with van der Waals surface area (Å²) in [7, 11) is 2.11. The van der Waals surface area contributed by atoms with Gasteiger partial charge in [-0.25, -0.2) is 0 Å². The van der Waals surface area contributed by atoms with E-state index < -0.39 is 0 Å². The second-order valence-corrected chi connectivity index (χ2v) is 8.63. The molecule has 4 fully saturated rings. The summed E-state index contributed by atoms with van der Waals surface area (Å²) in [5.74, 6) is 4.19. The largest absolute Gasteiger partial charge is 0.307 e. The third-order valence-corrected chi connectivity index (χ3v) is 7.26. The van der Waals surface area contributed by atoms with Crippen molar-refractivity contribution >= 4 is 0 Å². The lowest BCUT2D eigenvalue weighted by molar-refractivity contribution is -0.0795.